The number of nitrogens with one attached hydrogen (secondary N) is 2. The van der Waals surface area contributed by atoms with Crippen LogP contribution < -0.4 is 24.8 Å². The molecule has 0 radical (unpaired) electrons. The number of methoxy groups -OCH3 is 3. The van der Waals surface area contributed by atoms with E-state index in [1.165, 1.54) is 35.2 Å². The number of hydrogen-bond acceptors (Lipinski definition) is 8. The minimum atomic E-state index is -1.10. The lowest BCUT2D eigenvalue weighted by Crippen LogP contribution is -2.30. The highest BCUT2D eigenvalue weighted by Crippen LogP contribution is 2.41. The van der Waals surface area contributed by atoms with Gasteiger partial charge in [-0.25, -0.2) is 9.78 Å². The van der Waals surface area contributed by atoms with E-state index in [-0.39, 0.29) is 11.5 Å². The summed E-state index contributed by atoms with van der Waals surface area (Å²) in [6.45, 7) is 2.90. The summed E-state index contributed by atoms with van der Waals surface area (Å²) in [5.74, 6) is -0.0920. The second-order valence-corrected chi connectivity index (χ2v) is 8.78. The van der Waals surface area contributed by atoms with Gasteiger partial charge < -0.3 is 29.6 Å². The van der Waals surface area contributed by atoms with Gasteiger partial charge in [0.2, 0.25) is 11.7 Å². The van der Waals surface area contributed by atoms with E-state index >= 15 is 0 Å². The molecule has 2 N–H and O–H groups in total. The molecule has 1 heterocycles. The molecule has 0 aliphatic rings. The standard InChI is InChI=1S/C30H29N3O7/c1-17(29(35)32-21-12-10-20(11-13-21)31-18(2)34)40-30(36)23-16-25(33-24-9-7-6-8-22(23)24)19-14-26(37-3)28(39-5)27(15-19)38-4/h6-17H,1-5H3,(H,31,34)(H,32,35)/t17-/m1/s1. The molecule has 4 rings (SSSR count). The monoisotopic (exact) mass is 543 g/mol. The smallest absolute Gasteiger partial charge is 0.339 e. The largest absolute Gasteiger partial charge is 0.493 e. The maximum absolute atomic E-state index is 13.4. The number of hydrogen-bond donors (Lipinski definition) is 2. The van der Waals surface area contributed by atoms with E-state index in [0.29, 0.717) is 50.8 Å². The van der Waals surface area contributed by atoms with E-state index in [4.69, 9.17) is 23.9 Å². The first kappa shape index (κ1) is 27.9. The molecule has 4 aromatic rings. The van der Waals surface area contributed by atoms with Crippen LogP contribution >= 0.6 is 0 Å². The SMILES string of the molecule is COc1cc(-c2cc(C(=O)O[C@H](C)C(=O)Nc3ccc(NC(C)=O)cc3)c3ccccc3n2)cc(OC)c1OC. The summed E-state index contributed by atoms with van der Waals surface area (Å²) >= 11 is 0. The van der Waals surface area contributed by atoms with Gasteiger partial charge >= 0.3 is 5.97 Å². The molecule has 0 aliphatic carbocycles. The molecule has 206 valence electrons. The van der Waals surface area contributed by atoms with Gasteiger partial charge in [-0.3, -0.25) is 9.59 Å². The average molecular weight is 544 g/mol. The first-order valence-electron chi connectivity index (χ1n) is 12.3. The van der Waals surface area contributed by atoms with Crippen molar-refractivity contribution in [2.24, 2.45) is 0 Å². The molecule has 40 heavy (non-hydrogen) atoms. The van der Waals surface area contributed by atoms with Crippen molar-refractivity contribution in [3.8, 4) is 28.5 Å². The van der Waals surface area contributed by atoms with Crippen LogP contribution in [0.1, 0.15) is 24.2 Å². The molecule has 3 aromatic carbocycles. The van der Waals surface area contributed by atoms with E-state index < -0.39 is 18.0 Å². The molecule has 0 saturated heterocycles. The van der Waals surface area contributed by atoms with Gasteiger partial charge in [-0.2, -0.15) is 0 Å². The molecule has 0 unspecified atom stereocenters. The number of carbonyl (C=O) groups is 3. The maximum Gasteiger partial charge on any atom is 0.339 e. The van der Waals surface area contributed by atoms with E-state index in [1.807, 2.05) is 6.07 Å². The lowest BCUT2D eigenvalue weighted by Gasteiger charge is -2.16. The van der Waals surface area contributed by atoms with E-state index in [2.05, 4.69) is 10.6 Å². The third kappa shape index (κ3) is 6.12. The van der Waals surface area contributed by atoms with Crippen LogP contribution in [-0.4, -0.2) is 50.2 Å². The fourth-order valence-electron chi connectivity index (χ4n) is 4.08. The molecule has 10 heteroatoms. The predicted molar refractivity (Wildman–Crippen MR) is 151 cm³/mol. The van der Waals surface area contributed by atoms with Crippen LogP contribution in [0.15, 0.2) is 66.7 Å². The molecule has 1 aromatic heterocycles. The van der Waals surface area contributed by atoms with Gasteiger partial charge in [0.1, 0.15) is 0 Å². The number of pyridine rings is 1. The summed E-state index contributed by atoms with van der Waals surface area (Å²) in [5.41, 5.74) is 2.99. The van der Waals surface area contributed by atoms with Crippen LogP contribution in [0.4, 0.5) is 11.4 Å². The maximum atomic E-state index is 13.4. The number of benzene rings is 3. The Morgan fingerprint density at radius 2 is 1.40 bits per heavy atom. The zero-order valence-electron chi connectivity index (χ0n) is 22.7. The highest BCUT2D eigenvalue weighted by Gasteiger charge is 2.23. The average Bonchev–Trinajstić information content (AvgIpc) is 2.96. The molecule has 0 fully saturated rings. The van der Waals surface area contributed by atoms with Crippen molar-refractivity contribution in [3.05, 3.63) is 72.3 Å². The van der Waals surface area contributed by atoms with Crippen molar-refractivity contribution in [3.63, 3.8) is 0 Å². The van der Waals surface area contributed by atoms with Crippen LogP contribution in [-0.2, 0) is 14.3 Å². The van der Waals surface area contributed by atoms with E-state index in [0.717, 1.165) is 0 Å². The molecule has 0 saturated carbocycles. The number of ether oxygens (including phenoxy) is 4. The third-order valence-electron chi connectivity index (χ3n) is 6.02. The summed E-state index contributed by atoms with van der Waals surface area (Å²) in [5, 5.41) is 5.94. The van der Waals surface area contributed by atoms with Gasteiger partial charge in [0, 0.05) is 29.2 Å². The molecule has 2 amide bonds. The summed E-state index contributed by atoms with van der Waals surface area (Å²) < 4.78 is 21.9. The lowest BCUT2D eigenvalue weighted by molar-refractivity contribution is -0.123. The Hall–Kier alpha value is -5.12. The lowest BCUT2D eigenvalue weighted by atomic mass is 10.0. The fourth-order valence-corrected chi connectivity index (χ4v) is 4.08. The number of fused-ring (bicyclic) bond motifs is 1. The summed E-state index contributed by atoms with van der Waals surface area (Å²) in [6.07, 6.45) is -1.10. The Labute approximate surface area is 231 Å². The van der Waals surface area contributed by atoms with Crippen LogP contribution in [0, 0.1) is 0 Å². The molecule has 1 atom stereocenters. The van der Waals surface area contributed by atoms with Crippen molar-refractivity contribution in [2.75, 3.05) is 32.0 Å². The second kappa shape index (κ2) is 12.2. The number of anilines is 2. The van der Waals surface area contributed by atoms with Crippen molar-refractivity contribution < 1.29 is 33.3 Å². The van der Waals surface area contributed by atoms with Gasteiger partial charge in [-0.1, -0.05) is 18.2 Å². The number of esters is 1. The third-order valence-corrected chi connectivity index (χ3v) is 6.02. The summed E-state index contributed by atoms with van der Waals surface area (Å²) in [7, 11) is 4.55. The second-order valence-electron chi connectivity index (χ2n) is 8.78. The van der Waals surface area contributed by atoms with E-state index in [9.17, 15) is 14.4 Å². The number of carbonyl (C=O) groups excluding carboxylic acids is 3. The van der Waals surface area contributed by atoms with Crippen molar-refractivity contribution in [2.45, 2.75) is 20.0 Å². The van der Waals surface area contributed by atoms with Crippen LogP contribution in [0.2, 0.25) is 0 Å². The number of rotatable bonds is 9. The topological polar surface area (TPSA) is 125 Å². The highest BCUT2D eigenvalue weighted by atomic mass is 16.5. The molecule has 10 nitrogen and oxygen atoms in total. The zero-order chi connectivity index (χ0) is 28.8. The van der Waals surface area contributed by atoms with Gasteiger partial charge in [0.05, 0.1) is 38.1 Å². The number of aromatic nitrogens is 1. The Morgan fingerprint density at radius 1 is 0.800 bits per heavy atom. The van der Waals surface area contributed by atoms with Crippen LogP contribution in [0.25, 0.3) is 22.2 Å². The first-order chi connectivity index (χ1) is 19.2. The minimum Gasteiger partial charge on any atom is -0.493 e. The minimum absolute atomic E-state index is 0.200. The highest BCUT2D eigenvalue weighted by molar-refractivity contribution is 6.06. The molecule has 0 bridgehead atoms. The van der Waals surface area contributed by atoms with Crippen molar-refractivity contribution >= 4 is 40.1 Å². The van der Waals surface area contributed by atoms with Crippen LogP contribution in [0.5, 0.6) is 17.2 Å². The Bertz CT molecular complexity index is 1540. The number of para-hydroxylation sites is 1. The molecular formula is C30H29N3O7. The summed E-state index contributed by atoms with van der Waals surface area (Å²) in [4.78, 5) is 42.1. The van der Waals surface area contributed by atoms with Crippen molar-refractivity contribution in [1.82, 2.24) is 4.98 Å². The summed E-state index contributed by atoms with van der Waals surface area (Å²) in [6, 6.07) is 18.8. The molecular weight excluding hydrogens is 514 g/mol. The fraction of sp³-hybridized carbons (Fsp3) is 0.200. The van der Waals surface area contributed by atoms with Crippen molar-refractivity contribution in [1.29, 1.82) is 0 Å². The molecule has 0 aliphatic heterocycles. The number of nitrogens with zero attached hydrogens (tertiary/aromatic N) is 1. The number of amides is 2. The normalized spacial score (nSPS) is 11.3. The predicted octanol–water partition coefficient (Wildman–Crippen LogP) is 5.07. The quantitative estimate of drug-likeness (QED) is 0.280. The Kier molecular flexibility index (Phi) is 8.48. The van der Waals surface area contributed by atoms with Gasteiger partial charge in [0.25, 0.3) is 5.91 Å². The van der Waals surface area contributed by atoms with Gasteiger partial charge in [0.15, 0.2) is 17.6 Å². The zero-order valence-corrected chi connectivity index (χ0v) is 22.7. The Morgan fingerprint density at radius 3 is 1.98 bits per heavy atom. The Balaban J connectivity index is 1.61. The van der Waals surface area contributed by atoms with Crippen LogP contribution in [0.3, 0.4) is 0 Å². The first-order valence-corrected chi connectivity index (χ1v) is 12.3. The van der Waals surface area contributed by atoms with Gasteiger partial charge in [-0.15, -0.1) is 0 Å². The molecule has 0 spiro atoms. The van der Waals surface area contributed by atoms with E-state index in [1.54, 1.807) is 60.7 Å². The van der Waals surface area contributed by atoms with Gasteiger partial charge in [-0.05, 0) is 55.5 Å².